The van der Waals surface area contributed by atoms with Gasteiger partial charge < -0.3 is 10.2 Å². The van der Waals surface area contributed by atoms with Crippen molar-refractivity contribution in [1.82, 2.24) is 5.32 Å². The Kier molecular flexibility index (Phi) is 3.72. The second-order valence-corrected chi connectivity index (χ2v) is 6.45. The van der Waals surface area contributed by atoms with Crippen LogP contribution in [0.25, 0.3) is 0 Å². The van der Waals surface area contributed by atoms with Crippen molar-refractivity contribution < 1.29 is 0 Å². The van der Waals surface area contributed by atoms with E-state index in [1.807, 2.05) is 7.05 Å². The van der Waals surface area contributed by atoms with Crippen LogP contribution in [0.2, 0.25) is 5.02 Å². The molecule has 2 aliphatic carbocycles. The molecular weight excluding hydrogens is 256 g/mol. The first-order valence-corrected chi connectivity index (χ1v) is 7.80. The Hall–Kier alpha value is -0.730. The topological polar surface area (TPSA) is 15.3 Å². The Balaban J connectivity index is 1.80. The zero-order valence-electron chi connectivity index (χ0n) is 11.8. The molecule has 0 aromatic heterocycles. The molecule has 0 radical (unpaired) electrons. The van der Waals surface area contributed by atoms with Gasteiger partial charge in [-0.3, -0.25) is 0 Å². The predicted molar refractivity (Wildman–Crippen MR) is 82.0 cm³/mol. The number of benzene rings is 1. The first kappa shape index (κ1) is 13.3. The van der Waals surface area contributed by atoms with Crippen molar-refractivity contribution in [1.29, 1.82) is 0 Å². The summed E-state index contributed by atoms with van der Waals surface area (Å²) in [6.45, 7) is 3.37. The van der Waals surface area contributed by atoms with E-state index in [0.29, 0.717) is 6.04 Å². The van der Waals surface area contributed by atoms with Gasteiger partial charge in [-0.05, 0) is 63.3 Å². The number of hydrogen-bond donors (Lipinski definition) is 1. The van der Waals surface area contributed by atoms with Gasteiger partial charge in [0.05, 0.1) is 0 Å². The average molecular weight is 279 g/mol. The molecule has 2 nitrogen and oxygen atoms in total. The largest absolute Gasteiger partial charge is 0.368 e. The molecular formula is C16H23ClN2. The molecule has 2 fully saturated rings. The van der Waals surface area contributed by atoms with Gasteiger partial charge in [0.1, 0.15) is 0 Å². The number of rotatable bonds is 6. The third-order valence-electron chi connectivity index (χ3n) is 4.35. The van der Waals surface area contributed by atoms with E-state index in [1.54, 1.807) is 0 Å². The Morgan fingerprint density at radius 3 is 2.58 bits per heavy atom. The van der Waals surface area contributed by atoms with Crippen molar-refractivity contribution in [2.45, 2.75) is 44.7 Å². The van der Waals surface area contributed by atoms with Crippen molar-refractivity contribution in [2.24, 2.45) is 5.92 Å². The molecule has 1 N–H and O–H groups in total. The van der Waals surface area contributed by atoms with Crippen molar-refractivity contribution >= 4 is 17.3 Å². The van der Waals surface area contributed by atoms with Crippen LogP contribution in [-0.2, 0) is 0 Å². The van der Waals surface area contributed by atoms with Gasteiger partial charge in [-0.1, -0.05) is 17.7 Å². The Morgan fingerprint density at radius 1 is 1.32 bits per heavy atom. The highest BCUT2D eigenvalue weighted by molar-refractivity contribution is 6.31. The van der Waals surface area contributed by atoms with Crippen LogP contribution in [0, 0.1) is 5.92 Å². The number of anilines is 1. The van der Waals surface area contributed by atoms with E-state index in [1.165, 1.54) is 43.5 Å². The smallest absolute Gasteiger partial charge is 0.0474 e. The maximum absolute atomic E-state index is 6.46. The molecule has 0 amide bonds. The minimum atomic E-state index is 0.305. The van der Waals surface area contributed by atoms with Gasteiger partial charge in [0.25, 0.3) is 0 Å². The molecule has 3 heteroatoms. The van der Waals surface area contributed by atoms with Crippen LogP contribution in [-0.4, -0.2) is 19.6 Å². The summed E-state index contributed by atoms with van der Waals surface area (Å²) in [6.07, 6.45) is 5.51. The van der Waals surface area contributed by atoms with E-state index in [-0.39, 0.29) is 0 Å². The lowest BCUT2D eigenvalue weighted by molar-refractivity contribution is 0.652. The fraction of sp³-hybridized carbons (Fsp3) is 0.625. The van der Waals surface area contributed by atoms with E-state index in [0.717, 1.165) is 17.0 Å². The molecule has 0 aliphatic heterocycles. The Morgan fingerprint density at radius 2 is 2.05 bits per heavy atom. The number of halogens is 1. The van der Waals surface area contributed by atoms with E-state index in [9.17, 15) is 0 Å². The maximum Gasteiger partial charge on any atom is 0.0474 e. The van der Waals surface area contributed by atoms with Crippen molar-refractivity contribution in [3.05, 3.63) is 28.8 Å². The fourth-order valence-electron chi connectivity index (χ4n) is 2.63. The summed E-state index contributed by atoms with van der Waals surface area (Å²) in [6, 6.07) is 7.66. The zero-order chi connectivity index (χ0) is 13.4. The van der Waals surface area contributed by atoms with Crippen LogP contribution in [0.3, 0.4) is 0 Å². The molecule has 19 heavy (non-hydrogen) atoms. The molecule has 0 spiro atoms. The van der Waals surface area contributed by atoms with Crippen molar-refractivity contribution in [3.8, 4) is 0 Å². The van der Waals surface area contributed by atoms with E-state index >= 15 is 0 Å². The molecule has 1 aromatic carbocycles. The van der Waals surface area contributed by atoms with Crippen LogP contribution in [0.15, 0.2) is 18.2 Å². The van der Waals surface area contributed by atoms with Crippen LogP contribution in [0.5, 0.6) is 0 Å². The SMILES string of the molecule is CNC(C)c1ccc(N(CC2CC2)C2CC2)cc1Cl. The average Bonchev–Trinajstić information content (AvgIpc) is 3.27. The molecule has 104 valence electrons. The molecule has 0 heterocycles. The molecule has 1 atom stereocenters. The molecule has 3 rings (SSSR count). The van der Waals surface area contributed by atoms with Gasteiger partial charge in [-0.15, -0.1) is 0 Å². The van der Waals surface area contributed by atoms with E-state index < -0.39 is 0 Å². The van der Waals surface area contributed by atoms with Crippen LogP contribution in [0.4, 0.5) is 5.69 Å². The standard InChI is InChI=1S/C16H23ClN2/c1-11(18-2)15-8-7-14(9-16(15)17)19(13-5-6-13)10-12-3-4-12/h7-9,11-13,18H,3-6,10H2,1-2H3. The lowest BCUT2D eigenvalue weighted by Crippen LogP contribution is -2.28. The first-order valence-electron chi connectivity index (χ1n) is 7.42. The Bertz CT molecular complexity index is 452. The number of hydrogen-bond acceptors (Lipinski definition) is 2. The summed E-state index contributed by atoms with van der Waals surface area (Å²) in [5.74, 6) is 0.926. The van der Waals surface area contributed by atoms with Gasteiger partial charge in [0.2, 0.25) is 0 Å². The number of nitrogens with one attached hydrogen (secondary N) is 1. The highest BCUT2D eigenvalue weighted by atomic mass is 35.5. The summed E-state index contributed by atoms with van der Waals surface area (Å²) in [7, 11) is 1.97. The first-order chi connectivity index (χ1) is 9.19. The minimum Gasteiger partial charge on any atom is -0.368 e. The molecule has 0 bridgehead atoms. The third-order valence-corrected chi connectivity index (χ3v) is 4.68. The third kappa shape index (κ3) is 3.06. The highest BCUT2D eigenvalue weighted by Gasteiger charge is 2.34. The van der Waals surface area contributed by atoms with Gasteiger partial charge in [-0.2, -0.15) is 0 Å². The van der Waals surface area contributed by atoms with Gasteiger partial charge in [-0.25, -0.2) is 0 Å². The molecule has 2 aliphatic rings. The second kappa shape index (κ2) is 5.34. The second-order valence-electron chi connectivity index (χ2n) is 6.04. The quantitative estimate of drug-likeness (QED) is 0.846. The van der Waals surface area contributed by atoms with Crippen molar-refractivity contribution in [3.63, 3.8) is 0 Å². The number of nitrogens with zero attached hydrogens (tertiary/aromatic N) is 1. The maximum atomic E-state index is 6.46. The van der Waals surface area contributed by atoms with Crippen LogP contribution < -0.4 is 10.2 Å². The van der Waals surface area contributed by atoms with Crippen LogP contribution >= 0.6 is 11.6 Å². The molecule has 0 saturated heterocycles. The Labute approximate surface area is 121 Å². The summed E-state index contributed by atoms with van der Waals surface area (Å²) in [5, 5.41) is 4.14. The van der Waals surface area contributed by atoms with E-state index in [4.69, 9.17) is 11.6 Å². The summed E-state index contributed by atoms with van der Waals surface area (Å²) in [5.41, 5.74) is 2.50. The van der Waals surface area contributed by atoms with Gasteiger partial charge in [0, 0.05) is 29.3 Å². The molecule has 1 aromatic rings. The lowest BCUT2D eigenvalue weighted by Gasteiger charge is -2.26. The van der Waals surface area contributed by atoms with Gasteiger partial charge in [0.15, 0.2) is 0 Å². The highest BCUT2D eigenvalue weighted by Crippen LogP contribution is 2.39. The molecule has 1 unspecified atom stereocenters. The van der Waals surface area contributed by atoms with Crippen LogP contribution in [0.1, 0.15) is 44.2 Å². The molecule has 2 saturated carbocycles. The normalized spacial score (nSPS) is 20.4. The summed E-state index contributed by atoms with van der Waals surface area (Å²) >= 11 is 6.46. The summed E-state index contributed by atoms with van der Waals surface area (Å²) < 4.78 is 0. The predicted octanol–water partition coefficient (Wildman–Crippen LogP) is 4.00. The lowest BCUT2D eigenvalue weighted by atomic mass is 10.1. The van der Waals surface area contributed by atoms with Crippen molar-refractivity contribution in [2.75, 3.05) is 18.5 Å². The zero-order valence-corrected chi connectivity index (χ0v) is 12.6. The van der Waals surface area contributed by atoms with E-state index in [2.05, 4.69) is 35.3 Å². The van der Waals surface area contributed by atoms with Gasteiger partial charge >= 0.3 is 0 Å². The summed E-state index contributed by atoms with van der Waals surface area (Å²) in [4.78, 5) is 2.58. The fourth-order valence-corrected chi connectivity index (χ4v) is 2.97. The monoisotopic (exact) mass is 278 g/mol. The minimum absolute atomic E-state index is 0.305.